The van der Waals surface area contributed by atoms with Crippen LogP contribution in [-0.2, 0) is 23.4 Å². The van der Waals surface area contributed by atoms with Crippen molar-refractivity contribution in [3.8, 4) is 11.4 Å². The molecule has 21 heavy (non-hydrogen) atoms. The number of carbonyl (C=O) groups is 1. The molecule has 8 nitrogen and oxygen atoms in total. The van der Waals surface area contributed by atoms with Crippen LogP contribution in [0.25, 0.3) is 11.4 Å². The number of aromatic nitrogens is 4. The maximum atomic E-state index is 11.5. The van der Waals surface area contributed by atoms with Gasteiger partial charge in [-0.1, -0.05) is 6.92 Å². The zero-order valence-electron chi connectivity index (χ0n) is 11.7. The van der Waals surface area contributed by atoms with Crippen molar-refractivity contribution in [1.82, 2.24) is 19.6 Å². The number of carboxylic acid groups (broad SMARTS) is 1. The van der Waals surface area contributed by atoms with Gasteiger partial charge in [0.25, 0.3) is 0 Å². The van der Waals surface area contributed by atoms with Gasteiger partial charge in [0.1, 0.15) is 11.3 Å². The van der Waals surface area contributed by atoms with Crippen molar-refractivity contribution >= 4 is 15.8 Å². The minimum atomic E-state index is -3.13. The highest BCUT2D eigenvalue weighted by Crippen LogP contribution is 2.21. The summed E-state index contributed by atoms with van der Waals surface area (Å²) in [5, 5.41) is 17.4. The van der Waals surface area contributed by atoms with Crippen LogP contribution in [0.15, 0.2) is 18.5 Å². The van der Waals surface area contributed by atoms with Crippen molar-refractivity contribution in [3.05, 3.63) is 24.0 Å². The largest absolute Gasteiger partial charge is 0.478 e. The van der Waals surface area contributed by atoms with Crippen LogP contribution < -0.4 is 0 Å². The maximum Gasteiger partial charge on any atom is 0.339 e. The van der Waals surface area contributed by atoms with Gasteiger partial charge >= 0.3 is 5.97 Å². The number of aryl methyl sites for hydroxylation is 2. The second-order valence-electron chi connectivity index (χ2n) is 4.54. The summed E-state index contributed by atoms with van der Waals surface area (Å²) in [5.41, 5.74) is 0.855. The molecule has 0 aliphatic heterocycles. The fourth-order valence-electron chi connectivity index (χ4n) is 1.86. The highest BCUT2D eigenvalue weighted by molar-refractivity contribution is 7.91. The Morgan fingerprint density at radius 2 is 2.14 bits per heavy atom. The van der Waals surface area contributed by atoms with E-state index < -0.39 is 15.8 Å². The Labute approximate surface area is 121 Å². The molecule has 2 heterocycles. The fourth-order valence-corrected chi connectivity index (χ4v) is 2.62. The molecule has 0 amide bonds. The van der Waals surface area contributed by atoms with E-state index >= 15 is 0 Å². The van der Waals surface area contributed by atoms with Gasteiger partial charge in [-0.3, -0.25) is 9.36 Å². The van der Waals surface area contributed by atoms with Crippen LogP contribution in [0.1, 0.15) is 17.3 Å². The second-order valence-corrected chi connectivity index (χ2v) is 7.01. The van der Waals surface area contributed by atoms with Crippen LogP contribution in [-0.4, -0.2) is 50.6 Å². The molecular weight excluding hydrogens is 296 g/mol. The standard InChI is InChI=1S/C12H16N4O4S/c1-3-21(19,20)7-6-16-8-9(12(17)18)11(14-16)10-4-5-13-15(10)2/h4-5,8H,3,6-7H2,1-2H3,(H,17,18). The van der Waals surface area contributed by atoms with Gasteiger partial charge in [0.15, 0.2) is 9.84 Å². The summed E-state index contributed by atoms with van der Waals surface area (Å²) in [5.74, 6) is -1.14. The average molecular weight is 312 g/mol. The van der Waals surface area contributed by atoms with Gasteiger partial charge in [-0.15, -0.1) is 0 Å². The van der Waals surface area contributed by atoms with Gasteiger partial charge in [0, 0.05) is 25.2 Å². The summed E-state index contributed by atoms with van der Waals surface area (Å²) < 4.78 is 25.9. The lowest BCUT2D eigenvalue weighted by atomic mass is 10.2. The first-order valence-electron chi connectivity index (χ1n) is 6.33. The van der Waals surface area contributed by atoms with Gasteiger partial charge in [-0.2, -0.15) is 10.2 Å². The quantitative estimate of drug-likeness (QED) is 0.828. The summed E-state index contributed by atoms with van der Waals surface area (Å²) in [7, 11) is -1.45. The summed E-state index contributed by atoms with van der Waals surface area (Å²) >= 11 is 0. The predicted molar refractivity (Wildman–Crippen MR) is 75.7 cm³/mol. The second kappa shape index (κ2) is 5.68. The van der Waals surface area contributed by atoms with Crippen molar-refractivity contribution in [1.29, 1.82) is 0 Å². The van der Waals surface area contributed by atoms with Gasteiger partial charge in [-0.25, -0.2) is 13.2 Å². The van der Waals surface area contributed by atoms with E-state index in [0.717, 1.165) is 0 Å². The monoisotopic (exact) mass is 312 g/mol. The SMILES string of the molecule is CCS(=O)(=O)CCn1cc(C(=O)O)c(-c2ccnn2C)n1. The Balaban J connectivity index is 2.35. The van der Waals surface area contributed by atoms with Crippen LogP contribution in [0.3, 0.4) is 0 Å². The van der Waals surface area contributed by atoms with Crippen molar-refractivity contribution in [2.45, 2.75) is 13.5 Å². The highest BCUT2D eigenvalue weighted by Gasteiger charge is 2.20. The molecule has 2 aromatic heterocycles. The lowest BCUT2D eigenvalue weighted by Gasteiger charge is -2.02. The lowest BCUT2D eigenvalue weighted by Crippen LogP contribution is -2.15. The number of aromatic carboxylic acids is 1. The number of carboxylic acids is 1. The molecule has 2 aromatic rings. The third kappa shape index (κ3) is 3.30. The topological polar surface area (TPSA) is 107 Å². The third-order valence-corrected chi connectivity index (χ3v) is 4.81. The summed E-state index contributed by atoms with van der Waals surface area (Å²) in [6.45, 7) is 1.69. The molecule has 0 aliphatic rings. The first kappa shape index (κ1) is 15.2. The third-order valence-electron chi connectivity index (χ3n) is 3.13. The van der Waals surface area contributed by atoms with E-state index in [2.05, 4.69) is 10.2 Å². The Morgan fingerprint density at radius 1 is 1.43 bits per heavy atom. The van der Waals surface area contributed by atoms with E-state index in [9.17, 15) is 18.3 Å². The van der Waals surface area contributed by atoms with Crippen molar-refractivity contribution < 1.29 is 18.3 Å². The van der Waals surface area contributed by atoms with Gasteiger partial charge in [0.2, 0.25) is 0 Å². The Kier molecular flexibility index (Phi) is 4.12. The summed E-state index contributed by atoms with van der Waals surface area (Å²) in [6.07, 6.45) is 2.89. The first-order chi connectivity index (χ1) is 9.84. The Bertz CT molecular complexity index is 760. The molecule has 1 N–H and O–H groups in total. The van der Waals surface area contributed by atoms with E-state index in [1.165, 1.54) is 15.6 Å². The molecule has 0 atom stereocenters. The Morgan fingerprint density at radius 3 is 2.67 bits per heavy atom. The number of hydrogen-bond donors (Lipinski definition) is 1. The predicted octanol–water partition coefficient (Wildman–Crippen LogP) is 0.417. The maximum absolute atomic E-state index is 11.5. The van der Waals surface area contributed by atoms with Crippen LogP contribution in [0, 0.1) is 0 Å². The van der Waals surface area contributed by atoms with Crippen LogP contribution in [0.2, 0.25) is 0 Å². The molecule has 0 spiro atoms. The first-order valence-corrected chi connectivity index (χ1v) is 8.15. The molecule has 0 aromatic carbocycles. The molecule has 2 rings (SSSR count). The van der Waals surface area contributed by atoms with E-state index in [1.807, 2.05) is 0 Å². The molecule has 0 saturated heterocycles. The lowest BCUT2D eigenvalue weighted by molar-refractivity contribution is 0.0697. The van der Waals surface area contributed by atoms with E-state index in [1.54, 1.807) is 26.2 Å². The van der Waals surface area contributed by atoms with Gasteiger partial charge in [0.05, 0.1) is 18.0 Å². The van der Waals surface area contributed by atoms with E-state index in [-0.39, 0.29) is 29.3 Å². The minimum absolute atomic E-state index is 0.0208. The minimum Gasteiger partial charge on any atom is -0.478 e. The number of sulfone groups is 1. The van der Waals surface area contributed by atoms with Crippen LogP contribution >= 0.6 is 0 Å². The molecule has 0 radical (unpaired) electrons. The summed E-state index contributed by atoms with van der Waals surface area (Å²) in [6, 6.07) is 1.65. The molecular formula is C12H16N4O4S. The number of rotatable bonds is 6. The zero-order chi connectivity index (χ0) is 15.6. The molecule has 0 bridgehead atoms. The normalized spacial score (nSPS) is 11.7. The molecule has 0 aliphatic carbocycles. The zero-order valence-corrected chi connectivity index (χ0v) is 12.5. The highest BCUT2D eigenvalue weighted by atomic mass is 32.2. The molecule has 0 unspecified atom stereocenters. The number of hydrogen-bond acceptors (Lipinski definition) is 5. The molecule has 114 valence electrons. The molecule has 0 saturated carbocycles. The number of nitrogens with zero attached hydrogens (tertiary/aromatic N) is 4. The van der Waals surface area contributed by atoms with Gasteiger partial charge < -0.3 is 5.11 Å². The van der Waals surface area contributed by atoms with Gasteiger partial charge in [-0.05, 0) is 6.07 Å². The van der Waals surface area contributed by atoms with E-state index in [4.69, 9.17) is 0 Å². The molecule has 0 fully saturated rings. The van der Waals surface area contributed by atoms with Crippen LogP contribution in [0.5, 0.6) is 0 Å². The van der Waals surface area contributed by atoms with Crippen molar-refractivity contribution in [3.63, 3.8) is 0 Å². The average Bonchev–Trinajstić information content (AvgIpc) is 3.02. The van der Waals surface area contributed by atoms with Crippen LogP contribution in [0.4, 0.5) is 0 Å². The smallest absolute Gasteiger partial charge is 0.339 e. The molecule has 9 heteroatoms. The fraction of sp³-hybridized carbons (Fsp3) is 0.417. The van der Waals surface area contributed by atoms with E-state index in [0.29, 0.717) is 5.69 Å². The Hall–Kier alpha value is -2.16. The van der Waals surface area contributed by atoms with Crippen molar-refractivity contribution in [2.24, 2.45) is 7.05 Å². The summed E-state index contributed by atoms with van der Waals surface area (Å²) in [4.78, 5) is 11.3. The van der Waals surface area contributed by atoms with Crippen molar-refractivity contribution in [2.75, 3.05) is 11.5 Å².